The Morgan fingerprint density at radius 2 is 1.18 bits per heavy atom. The van der Waals surface area contributed by atoms with Crippen LogP contribution in [0.15, 0.2) is 0 Å². The molecule has 0 aromatic rings. The number of ketones is 1. The molecule has 0 saturated carbocycles. The number of nitrogens with one attached hydrogen (secondary N) is 3. The molecule has 24 heteroatoms. The van der Waals surface area contributed by atoms with Gasteiger partial charge in [-0.3, -0.25) is 34.0 Å². The van der Waals surface area contributed by atoms with Gasteiger partial charge in [0, 0.05) is 25.9 Å². The number of carboxylic acid groups (broad SMARTS) is 1. The van der Waals surface area contributed by atoms with Crippen LogP contribution in [-0.2, 0) is 43.0 Å². The van der Waals surface area contributed by atoms with Crippen LogP contribution in [0.3, 0.4) is 0 Å². The van der Waals surface area contributed by atoms with Crippen molar-refractivity contribution in [3.05, 3.63) is 0 Å². The maximum Gasteiger partial charge on any atom is 0.335 e. The fraction of sp³-hybridized carbons (Fsp3) is 0.838. The number of aliphatic carboxylic acids is 1. The smallest absolute Gasteiger partial charge is 0.335 e. The standard InChI is InChI=1S/C18H30Cl3N3O6.C11H18Cl3N3O2.C8H16O4/c1-10(22-14(26)13(25)11(2)30-17(3,4)5)15(27)24-8-6-7-12(23-24)16(28)29-9-18(19,20)21;1-7(15)10(19)17-6-2-3-8(16-17)9(18)4-5-11(12,13)14;1-5(6(9)7(10)11)12-8(2,3)4/h10-13,23,25H,6-9H2,1-5H3,(H,22,26);7-8,16H,2-6,15H2,1H3;5-6,9H,1-4H3,(H,10,11)/t10-,11+,12-,13-;7-,8-;5-,6+/m001/s1. The number of carboxylic acids is 1. The van der Waals surface area contributed by atoms with E-state index in [2.05, 4.69) is 16.2 Å². The molecule has 18 nitrogen and oxygen atoms in total. The first-order valence-electron chi connectivity index (χ1n) is 19.5. The van der Waals surface area contributed by atoms with Crippen molar-refractivity contribution in [1.29, 1.82) is 0 Å². The zero-order valence-electron chi connectivity index (χ0n) is 36.2. The Balaban J connectivity index is 0.000000987. The number of carbonyl (C=O) groups excluding carboxylic acids is 5. The van der Waals surface area contributed by atoms with Crippen molar-refractivity contribution >= 4 is 105 Å². The number of esters is 1. The molecule has 2 aliphatic heterocycles. The van der Waals surface area contributed by atoms with Crippen LogP contribution in [0.25, 0.3) is 0 Å². The van der Waals surface area contributed by atoms with Gasteiger partial charge in [0.2, 0.25) is 3.79 Å². The van der Waals surface area contributed by atoms with Crippen molar-refractivity contribution in [2.45, 2.75) is 175 Å². The third-order valence-corrected chi connectivity index (χ3v) is 9.11. The summed E-state index contributed by atoms with van der Waals surface area (Å²) in [4.78, 5) is 71.1. The summed E-state index contributed by atoms with van der Waals surface area (Å²) in [6.07, 6.45) is -1.65. The normalized spacial score (nSPS) is 20.5. The molecule has 0 unspecified atom stereocenters. The zero-order chi connectivity index (χ0) is 47.8. The second kappa shape index (κ2) is 26.4. The second-order valence-corrected chi connectivity index (χ2v) is 21.6. The average molecular weight is 998 g/mol. The SMILES string of the molecule is C[C@@H](OC(C)(C)C)[C@H](O)C(=O)O.C[C@H](N)C(=O)N1CCC[C@@H](C(=O)CCC(Cl)(Cl)Cl)N1.C[C@H](NC(=O)[C@@H](O)[C@@H](C)OC(C)(C)C)C(=O)N1CCC[C@@H](C(=O)OCC(Cl)(Cl)Cl)N1. The first kappa shape index (κ1) is 59.5. The van der Waals surface area contributed by atoms with Gasteiger partial charge in [-0.25, -0.2) is 15.6 Å². The summed E-state index contributed by atoms with van der Waals surface area (Å²) in [5.74, 6) is -3.40. The number of Topliss-reactive ketones (excluding diaryl/α,β-unsaturated/α-hetero) is 1. The van der Waals surface area contributed by atoms with Crippen LogP contribution in [0.5, 0.6) is 0 Å². The van der Waals surface area contributed by atoms with Gasteiger partial charge < -0.3 is 40.6 Å². The number of aliphatic hydroxyl groups is 2. The molecule has 0 aromatic heterocycles. The molecule has 2 aliphatic rings. The van der Waals surface area contributed by atoms with Crippen molar-refractivity contribution in [2.75, 3.05) is 19.7 Å². The number of carbonyl (C=O) groups is 6. The Morgan fingerprint density at radius 3 is 1.61 bits per heavy atom. The van der Waals surface area contributed by atoms with E-state index < -0.39 is 97.7 Å². The highest BCUT2D eigenvalue weighted by molar-refractivity contribution is 6.68. The highest BCUT2D eigenvalue weighted by atomic mass is 35.6. The van der Waals surface area contributed by atoms with Crippen molar-refractivity contribution in [1.82, 2.24) is 26.2 Å². The number of aliphatic hydroxyl groups excluding tert-OH is 2. The van der Waals surface area contributed by atoms with E-state index in [1.54, 1.807) is 55.4 Å². The number of amides is 3. The number of nitrogens with zero attached hydrogens (tertiary/aromatic N) is 2. The number of hydrogen-bond acceptors (Lipinski definition) is 14. The van der Waals surface area contributed by atoms with Gasteiger partial charge in [0.25, 0.3) is 17.7 Å². The van der Waals surface area contributed by atoms with Crippen LogP contribution in [-0.4, -0.2) is 148 Å². The van der Waals surface area contributed by atoms with E-state index in [9.17, 15) is 33.9 Å². The van der Waals surface area contributed by atoms with Crippen molar-refractivity contribution in [3.8, 4) is 0 Å². The molecule has 8 atom stereocenters. The Hall–Kier alpha value is -1.52. The predicted molar refractivity (Wildman–Crippen MR) is 233 cm³/mol. The van der Waals surface area contributed by atoms with Gasteiger partial charge in [-0.15, -0.1) is 0 Å². The minimum Gasteiger partial charge on any atom is -0.479 e. The highest BCUT2D eigenvalue weighted by Crippen LogP contribution is 2.32. The highest BCUT2D eigenvalue weighted by Gasteiger charge is 2.35. The number of halogens is 6. The quantitative estimate of drug-likeness (QED) is 0.0969. The van der Waals surface area contributed by atoms with E-state index in [4.69, 9.17) is 99.8 Å². The molecule has 2 heterocycles. The lowest BCUT2D eigenvalue weighted by Crippen LogP contribution is -2.60. The molecule has 0 bridgehead atoms. The summed E-state index contributed by atoms with van der Waals surface area (Å²) in [7, 11) is 0. The molecule has 61 heavy (non-hydrogen) atoms. The third kappa shape index (κ3) is 26.1. The van der Waals surface area contributed by atoms with Gasteiger partial charge in [0.15, 0.2) is 21.8 Å². The van der Waals surface area contributed by atoms with Crippen LogP contribution < -0.4 is 21.9 Å². The predicted octanol–water partition coefficient (Wildman–Crippen LogP) is 3.65. The van der Waals surface area contributed by atoms with Crippen molar-refractivity contribution in [2.24, 2.45) is 5.73 Å². The van der Waals surface area contributed by atoms with Gasteiger partial charge >= 0.3 is 11.9 Å². The minimum atomic E-state index is -1.73. The summed E-state index contributed by atoms with van der Waals surface area (Å²) in [6.45, 7) is 17.5. The molecule has 0 aromatic carbocycles. The molecule has 3 amide bonds. The summed E-state index contributed by atoms with van der Waals surface area (Å²) in [5.41, 5.74) is 10.2. The largest absolute Gasteiger partial charge is 0.479 e. The second-order valence-electron chi connectivity index (χ2n) is 16.5. The summed E-state index contributed by atoms with van der Waals surface area (Å²) in [5, 5.41) is 32.7. The summed E-state index contributed by atoms with van der Waals surface area (Å²) >= 11 is 33.5. The van der Waals surface area contributed by atoms with Crippen LogP contribution in [0.4, 0.5) is 0 Å². The number of hydrogen-bond donors (Lipinski definition) is 7. The molecule has 2 rings (SSSR count). The van der Waals surface area contributed by atoms with Crippen LogP contribution >= 0.6 is 69.6 Å². The molecule has 356 valence electrons. The average Bonchev–Trinajstić information content (AvgIpc) is 3.13. The molecule has 2 fully saturated rings. The Kier molecular flexibility index (Phi) is 25.8. The van der Waals surface area contributed by atoms with Crippen LogP contribution in [0.2, 0.25) is 0 Å². The van der Waals surface area contributed by atoms with E-state index in [0.717, 1.165) is 6.42 Å². The molecule has 0 radical (unpaired) electrons. The molecular formula is C37H64Cl6N6O12. The number of alkyl halides is 6. The van der Waals surface area contributed by atoms with Gasteiger partial charge in [-0.2, -0.15) is 0 Å². The van der Waals surface area contributed by atoms with E-state index in [1.165, 1.54) is 23.9 Å². The van der Waals surface area contributed by atoms with E-state index in [0.29, 0.717) is 32.4 Å². The fourth-order valence-corrected chi connectivity index (χ4v) is 5.93. The molecule has 0 aliphatic carbocycles. The monoisotopic (exact) mass is 994 g/mol. The lowest BCUT2D eigenvalue weighted by atomic mass is 10.0. The Labute approximate surface area is 388 Å². The number of hydrazine groups is 2. The first-order chi connectivity index (χ1) is 27.5. The number of nitrogens with two attached hydrogens (primary N) is 1. The van der Waals surface area contributed by atoms with Crippen LogP contribution in [0.1, 0.15) is 108 Å². The van der Waals surface area contributed by atoms with Crippen LogP contribution in [0, 0.1) is 0 Å². The zero-order valence-corrected chi connectivity index (χ0v) is 40.8. The maximum absolute atomic E-state index is 12.7. The van der Waals surface area contributed by atoms with E-state index >= 15 is 0 Å². The van der Waals surface area contributed by atoms with Gasteiger partial charge in [0.05, 0.1) is 35.5 Å². The third-order valence-electron chi connectivity index (χ3n) is 8.22. The molecule has 2 saturated heterocycles. The topological polar surface area (TPSA) is 259 Å². The molecule has 8 N–H and O–H groups in total. The van der Waals surface area contributed by atoms with Crippen molar-refractivity contribution in [3.63, 3.8) is 0 Å². The lowest BCUT2D eigenvalue weighted by molar-refractivity contribution is -0.162. The summed E-state index contributed by atoms with van der Waals surface area (Å²) < 4.78 is 12.6. The minimum absolute atomic E-state index is 0.0616. The Morgan fingerprint density at radius 1 is 0.738 bits per heavy atom. The van der Waals surface area contributed by atoms with E-state index in [-0.39, 0.29) is 24.5 Å². The molecular weight excluding hydrogens is 933 g/mol. The summed E-state index contributed by atoms with van der Waals surface area (Å²) in [6, 6.07) is -2.74. The first-order valence-corrected chi connectivity index (χ1v) is 21.8. The van der Waals surface area contributed by atoms with Gasteiger partial charge in [-0.05, 0) is 94.9 Å². The van der Waals surface area contributed by atoms with E-state index in [1.807, 2.05) is 0 Å². The number of rotatable bonds is 14. The van der Waals surface area contributed by atoms with Gasteiger partial charge in [-0.1, -0.05) is 69.6 Å². The number of ether oxygens (including phenoxy) is 3. The lowest BCUT2D eigenvalue weighted by Gasteiger charge is -2.34. The Bertz CT molecular complexity index is 1440. The van der Waals surface area contributed by atoms with Gasteiger partial charge in [0.1, 0.15) is 18.7 Å². The molecule has 0 spiro atoms. The maximum atomic E-state index is 12.7. The van der Waals surface area contributed by atoms with Crippen molar-refractivity contribution < 1.29 is 58.3 Å². The fourth-order valence-electron chi connectivity index (χ4n) is 5.48.